The number of benzene rings is 1. The van der Waals surface area contributed by atoms with Gasteiger partial charge in [0.15, 0.2) is 5.13 Å². The summed E-state index contributed by atoms with van der Waals surface area (Å²) in [5.74, 6) is -0.182. The monoisotopic (exact) mass is 309 g/mol. The number of carbonyl (C=O) groups is 1. The lowest BCUT2D eigenvalue weighted by Crippen LogP contribution is -2.14. The fraction of sp³-hybridized carbons (Fsp3) is 0.118. The second-order valence-corrected chi connectivity index (χ2v) is 6.16. The molecule has 2 aromatic heterocycles. The molecule has 1 N–H and O–H groups in total. The van der Waals surface area contributed by atoms with Gasteiger partial charge in [-0.3, -0.25) is 15.1 Å². The van der Waals surface area contributed by atoms with E-state index < -0.39 is 0 Å². The topological polar surface area (TPSA) is 54.9 Å². The minimum Gasteiger partial charge on any atom is -0.298 e. The van der Waals surface area contributed by atoms with Crippen molar-refractivity contribution in [2.45, 2.75) is 13.8 Å². The van der Waals surface area contributed by atoms with Crippen LogP contribution >= 0.6 is 11.3 Å². The zero-order valence-electron chi connectivity index (χ0n) is 12.3. The van der Waals surface area contributed by atoms with E-state index in [0.717, 1.165) is 16.1 Å². The molecule has 0 aliphatic rings. The third-order valence-electron chi connectivity index (χ3n) is 3.24. The summed E-state index contributed by atoms with van der Waals surface area (Å²) in [6, 6.07) is 13.6. The van der Waals surface area contributed by atoms with Crippen molar-refractivity contribution in [3.8, 4) is 11.3 Å². The summed E-state index contributed by atoms with van der Waals surface area (Å²) in [5, 5.41) is 3.41. The summed E-state index contributed by atoms with van der Waals surface area (Å²) < 4.78 is 0. The average Bonchev–Trinajstić information content (AvgIpc) is 2.93. The predicted octanol–water partition coefficient (Wildman–Crippen LogP) is 4.07. The third kappa shape index (κ3) is 3.04. The first kappa shape index (κ1) is 14.4. The van der Waals surface area contributed by atoms with Crippen molar-refractivity contribution in [2.24, 2.45) is 0 Å². The Bertz CT molecular complexity index is 812. The van der Waals surface area contributed by atoms with Gasteiger partial charge in [0.05, 0.1) is 17.0 Å². The zero-order valence-corrected chi connectivity index (χ0v) is 13.1. The molecule has 0 bridgehead atoms. The minimum atomic E-state index is -0.182. The van der Waals surface area contributed by atoms with Crippen LogP contribution in [-0.4, -0.2) is 15.9 Å². The molecule has 0 saturated carbocycles. The number of aryl methyl sites for hydroxylation is 2. The number of hydrogen-bond donors (Lipinski definition) is 1. The maximum absolute atomic E-state index is 12.3. The van der Waals surface area contributed by atoms with E-state index in [1.807, 2.05) is 50.2 Å². The van der Waals surface area contributed by atoms with Crippen LogP contribution in [0.2, 0.25) is 0 Å². The number of thiazole rings is 1. The molecule has 0 saturated heterocycles. The Morgan fingerprint density at radius 2 is 1.86 bits per heavy atom. The van der Waals surface area contributed by atoms with E-state index >= 15 is 0 Å². The maximum Gasteiger partial charge on any atom is 0.259 e. The highest BCUT2D eigenvalue weighted by molar-refractivity contribution is 7.15. The molecule has 1 amide bonds. The number of anilines is 1. The molecule has 2 heterocycles. The van der Waals surface area contributed by atoms with Crippen molar-refractivity contribution < 1.29 is 4.79 Å². The highest BCUT2D eigenvalue weighted by Crippen LogP contribution is 2.21. The van der Waals surface area contributed by atoms with E-state index in [-0.39, 0.29) is 5.91 Å². The lowest BCUT2D eigenvalue weighted by molar-refractivity contribution is 0.102. The second-order valence-electron chi connectivity index (χ2n) is 4.93. The molecule has 22 heavy (non-hydrogen) atoms. The van der Waals surface area contributed by atoms with Crippen LogP contribution in [0.1, 0.15) is 20.9 Å². The normalized spacial score (nSPS) is 10.5. The van der Waals surface area contributed by atoms with E-state index in [1.165, 1.54) is 11.3 Å². The highest BCUT2D eigenvalue weighted by Gasteiger charge is 2.13. The van der Waals surface area contributed by atoms with Crippen molar-refractivity contribution >= 4 is 22.4 Å². The standard InChI is InChI=1S/C17H15N3OS/c1-11-10-18-17(22-11)20-16(21)14-8-9-15(19-12(14)2)13-6-4-3-5-7-13/h3-10H,1-2H3,(H,18,20,21). The fourth-order valence-corrected chi connectivity index (χ4v) is 2.81. The second kappa shape index (κ2) is 6.07. The molecule has 3 aromatic rings. The van der Waals surface area contributed by atoms with Crippen LogP contribution < -0.4 is 5.32 Å². The molecule has 0 aliphatic heterocycles. The quantitative estimate of drug-likeness (QED) is 0.793. The van der Waals surface area contributed by atoms with Crippen LogP contribution in [-0.2, 0) is 0 Å². The minimum absolute atomic E-state index is 0.182. The fourth-order valence-electron chi connectivity index (χ4n) is 2.15. The first-order valence-electron chi connectivity index (χ1n) is 6.90. The summed E-state index contributed by atoms with van der Waals surface area (Å²) in [6.07, 6.45) is 1.74. The van der Waals surface area contributed by atoms with Crippen LogP contribution in [0.15, 0.2) is 48.7 Å². The maximum atomic E-state index is 12.3. The van der Waals surface area contributed by atoms with Gasteiger partial charge in [-0.25, -0.2) is 4.98 Å². The van der Waals surface area contributed by atoms with Gasteiger partial charge in [0.1, 0.15) is 0 Å². The van der Waals surface area contributed by atoms with Gasteiger partial charge in [-0.15, -0.1) is 11.3 Å². The summed E-state index contributed by atoms with van der Waals surface area (Å²) in [7, 11) is 0. The number of amides is 1. The predicted molar refractivity (Wildman–Crippen MR) is 89.2 cm³/mol. The van der Waals surface area contributed by atoms with Gasteiger partial charge in [-0.2, -0.15) is 0 Å². The smallest absolute Gasteiger partial charge is 0.259 e. The molecule has 0 radical (unpaired) electrons. The van der Waals surface area contributed by atoms with Crippen LogP contribution in [0.25, 0.3) is 11.3 Å². The van der Waals surface area contributed by atoms with E-state index in [0.29, 0.717) is 16.4 Å². The summed E-state index contributed by atoms with van der Waals surface area (Å²) in [5.41, 5.74) is 3.16. The third-order valence-corrected chi connectivity index (χ3v) is 4.07. The van der Waals surface area contributed by atoms with Crippen LogP contribution in [0.5, 0.6) is 0 Å². The number of nitrogens with zero attached hydrogens (tertiary/aromatic N) is 2. The first-order valence-corrected chi connectivity index (χ1v) is 7.72. The molecule has 0 aliphatic carbocycles. The number of carbonyl (C=O) groups excluding carboxylic acids is 1. The summed E-state index contributed by atoms with van der Waals surface area (Å²) in [4.78, 5) is 22.0. The molecule has 0 spiro atoms. The van der Waals surface area contributed by atoms with Gasteiger partial charge in [0.2, 0.25) is 0 Å². The number of aromatic nitrogens is 2. The molecular formula is C17H15N3OS. The van der Waals surface area contributed by atoms with Gasteiger partial charge in [-0.1, -0.05) is 30.3 Å². The lowest BCUT2D eigenvalue weighted by Gasteiger charge is -2.07. The Hall–Kier alpha value is -2.53. The van der Waals surface area contributed by atoms with Crippen LogP contribution in [0, 0.1) is 13.8 Å². The van der Waals surface area contributed by atoms with Gasteiger partial charge in [0.25, 0.3) is 5.91 Å². The van der Waals surface area contributed by atoms with Crippen LogP contribution in [0.4, 0.5) is 5.13 Å². The van der Waals surface area contributed by atoms with Crippen molar-refractivity contribution in [3.05, 3.63) is 64.8 Å². The number of pyridine rings is 1. The van der Waals surface area contributed by atoms with Crippen molar-refractivity contribution in [1.82, 2.24) is 9.97 Å². The van der Waals surface area contributed by atoms with E-state index in [1.54, 1.807) is 12.3 Å². The molecule has 110 valence electrons. The summed E-state index contributed by atoms with van der Waals surface area (Å²) >= 11 is 1.45. The van der Waals surface area contributed by atoms with Gasteiger partial charge in [-0.05, 0) is 26.0 Å². The van der Waals surface area contributed by atoms with E-state index in [4.69, 9.17) is 0 Å². The molecule has 0 atom stereocenters. The van der Waals surface area contributed by atoms with Crippen molar-refractivity contribution in [2.75, 3.05) is 5.32 Å². The zero-order chi connectivity index (χ0) is 15.5. The van der Waals surface area contributed by atoms with Crippen molar-refractivity contribution in [3.63, 3.8) is 0 Å². The Morgan fingerprint density at radius 3 is 2.50 bits per heavy atom. The largest absolute Gasteiger partial charge is 0.298 e. The molecule has 4 nitrogen and oxygen atoms in total. The van der Waals surface area contributed by atoms with E-state index in [2.05, 4.69) is 15.3 Å². The highest BCUT2D eigenvalue weighted by atomic mass is 32.1. The number of rotatable bonds is 3. The molecule has 3 rings (SSSR count). The Labute approximate surface area is 132 Å². The molecule has 0 unspecified atom stereocenters. The van der Waals surface area contributed by atoms with E-state index in [9.17, 15) is 4.79 Å². The molecular weight excluding hydrogens is 294 g/mol. The van der Waals surface area contributed by atoms with Gasteiger partial charge < -0.3 is 0 Å². The molecule has 0 fully saturated rings. The Morgan fingerprint density at radius 1 is 1.09 bits per heavy atom. The van der Waals surface area contributed by atoms with Gasteiger partial charge in [0, 0.05) is 16.6 Å². The number of nitrogens with one attached hydrogen (secondary N) is 1. The SMILES string of the molecule is Cc1cnc(NC(=O)c2ccc(-c3ccccc3)nc2C)s1. The summed E-state index contributed by atoms with van der Waals surface area (Å²) in [6.45, 7) is 3.79. The lowest BCUT2D eigenvalue weighted by atomic mass is 10.1. The average molecular weight is 309 g/mol. The molecule has 1 aromatic carbocycles. The Kier molecular flexibility index (Phi) is 3.98. The first-order chi connectivity index (χ1) is 10.6. The van der Waals surface area contributed by atoms with Crippen molar-refractivity contribution in [1.29, 1.82) is 0 Å². The molecule has 5 heteroatoms. The van der Waals surface area contributed by atoms with Crippen LogP contribution in [0.3, 0.4) is 0 Å². The number of hydrogen-bond acceptors (Lipinski definition) is 4. The van der Waals surface area contributed by atoms with Gasteiger partial charge >= 0.3 is 0 Å². The Balaban J connectivity index is 1.84.